The van der Waals surface area contributed by atoms with Gasteiger partial charge in [0.05, 0.1) is 5.52 Å². The molecule has 1 heterocycles. The van der Waals surface area contributed by atoms with E-state index in [9.17, 15) is 0 Å². The maximum Gasteiger partial charge on any atom is 0.131 e. The van der Waals surface area contributed by atoms with Crippen molar-refractivity contribution in [2.75, 3.05) is 25.0 Å². The molecule has 1 aliphatic carbocycles. The van der Waals surface area contributed by atoms with E-state index in [1.165, 1.54) is 30.3 Å². The number of benzene rings is 1. The molecule has 1 N–H and O–H groups in total. The predicted molar refractivity (Wildman–Crippen MR) is 89.6 cm³/mol. The van der Waals surface area contributed by atoms with Gasteiger partial charge in [-0.2, -0.15) is 0 Å². The van der Waals surface area contributed by atoms with Crippen LogP contribution in [0.5, 0.6) is 0 Å². The van der Waals surface area contributed by atoms with Crippen LogP contribution >= 0.6 is 0 Å². The van der Waals surface area contributed by atoms with Gasteiger partial charge in [-0.3, -0.25) is 4.90 Å². The van der Waals surface area contributed by atoms with Crippen LogP contribution in [0.25, 0.3) is 10.9 Å². The summed E-state index contributed by atoms with van der Waals surface area (Å²) >= 11 is 0. The maximum atomic E-state index is 4.81. The summed E-state index contributed by atoms with van der Waals surface area (Å²) in [5.41, 5.74) is 2.39. The van der Waals surface area contributed by atoms with Gasteiger partial charge in [0.15, 0.2) is 0 Å². The molecule has 0 aliphatic heterocycles. The Morgan fingerprint density at radius 3 is 2.76 bits per heavy atom. The van der Waals surface area contributed by atoms with Crippen LogP contribution in [0.3, 0.4) is 0 Å². The summed E-state index contributed by atoms with van der Waals surface area (Å²) in [5.74, 6) is 1.98. The number of hydrogen-bond donors (Lipinski definition) is 1. The lowest BCUT2D eigenvalue weighted by atomic mass is 10.1. The van der Waals surface area contributed by atoms with Gasteiger partial charge < -0.3 is 5.32 Å². The Labute approximate surface area is 127 Å². The quantitative estimate of drug-likeness (QED) is 0.835. The number of para-hydroxylation sites is 1. The van der Waals surface area contributed by atoms with Crippen molar-refractivity contribution in [2.45, 2.75) is 33.2 Å². The van der Waals surface area contributed by atoms with E-state index >= 15 is 0 Å². The Morgan fingerprint density at radius 2 is 2.05 bits per heavy atom. The fraction of sp³-hybridized carbons (Fsp3) is 0.500. The van der Waals surface area contributed by atoms with Crippen molar-refractivity contribution in [3.63, 3.8) is 0 Å². The number of nitrogens with zero attached hydrogens (tertiary/aromatic N) is 2. The van der Waals surface area contributed by atoms with Crippen molar-refractivity contribution < 1.29 is 0 Å². The van der Waals surface area contributed by atoms with Gasteiger partial charge in [0.1, 0.15) is 5.82 Å². The normalized spacial score (nSPS) is 14.8. The molecule has 0 bridgehead atoms. The number of pyridine rings is 1. The van der Waals surface area contributed by atoms with Crippen LogP contribution in [0.2, 0.25) is 0 Å². The van der Waals surface area contributed by atoms with E-state index < -0.39 is 0 Å². The van der Waals surface area contributed by atoms with E-state index in [0.717, 1.165) is 36.9 Å². The fourth-order valence-corrected chi connectivity index (χ4v) is 2.81. The Bertz CT molecular complexity index is 604. The summed E-state index contributed by atoms with van der Waals surface area (Å²) in [4.78, 5) is 7.36. The van der Waals surface area contributed by atoms with Gasteiger partial charge in [0.2, 0.25) is 0 Å². The molecule has 2 aromatic rings. The van der Waals surface area contributed by atoms with E-state index in [-0.39, 0.29) is 0 Å². The second-order valence-corrected chi connectivity index (χ2v) is 5.99. The van der Waals surface area contributed by atoms with E-state index in [0.29, 0.717) is 0 Å². The highest BCUT2D eigenvalue weighted by Gasteiger charge is 2.24. The van der Waals surface area contributed by atoms with Crippen molar-refractivity contribution in [3.8, 4) is 0 Å². The molecule has 21 heavy (non-hydrogen) atoms. The van der Waals surface area contributed by atoms with E-state index in [1.807, 2.05) is 0 Å². The van der Waals surface area contributed by atoms with Gasteiger partial charge >= 0.3 is 0 Å². The van der Waals surface area contributed by atoms with Gasteiger partial charge in [-0.1, -0.05) is 25.1 Å². The summed E-state index contributed by atoms with van der Waals surface area (Å²) in [6.07, 6.45) is 2.82. The summed E-state index contributed by atoms with van der Waals surface area (Å²) in [6, 6.07) is 10.7. The predicted octanol–water partition coefficient (Wildman–Crippen LogP) is 3.90. The average Bonchev–Trinajstić information content (AvgIpc) is 3.31. The minimum absolute atomic E-state index is 0.910. The summed E-state index contributed by atoms with van der Waals surface area (Å²) < 4.78 is 0. The Balaban J connectivity index is 1.88. The second kappa shape index (κ2) is 6.44. The van der Waals surface area contributed by atoms with Crippen LogP contribution < -0.4 is 5.32 Å². The topological polar surface area (TPSA) is 28.2 Å². The number of anilines is 1. The Hall–Kier alpha value is -1.61. The van der Waals surface area contributed by atoms with Crippen molar-refractivity contribution in [1.29, 1.82) is 0 Å². The molecule has 1 fully saturated rings. The molecule has 0 amide bonds. The first-order chi connectivity index (χ1) is 10.3. The number of aromatic nitrogens is 1. The maximum absolute atomic E-state index is 4.81. The lowest BCUT2D eigenvalue weighted by Crippen LogP contribution is -2.26. The van der Waals surface area contributed by atoms with Crippen molar-refractivity contribution in [2.24, 2.45) is 5.92 Å². The SMILES string of the molecule is CCNc1nc2ccccc2cc1CN(CC)CC1CC1. The standard InChI is InChI=1S/C18H25N3/c1-3-19-18-16(13-21(4-2)12-14-9-10-14)11-15-7-5-6-8-17(15)20-18/h5-8,11,14H,3-4,9-10,12-13H2,1-2H3,(H,19,20). The van der Waals surface area contributed by atoms with E-state index in [1.54, 1.807) is 0 Å². The molecule has 0 radical (unpaired) electrons. The first-order valence-electron chi connectivity index (χ1n) is 8.15. The zero-order valence-electron chi connectivity index (χ0n) is 13.1. The smallest absolute Gasteiger partial charge is 0.131 e. The van der Waals surface area contributed by atoms with Crippen molar-refractivity contribution in [1.82, 2.24) is 9.88 Å². The number of hydrogen-bond acceptors (Lipinski definition) is 3. The van der Waals surface area contributed by atoms with Crippen LogP contribution in [0.4, 0.5) is 5.82 Å². The molecule has 3 rings (SSSR count). The van der Waals surface area contributed by atoms with Gasteiger partial charge in [-0.15, -0.1) is 0 Å². The molecular formula is C18H25N3. The fourth-order valence-electron chi connectivity index (χ4n) is 2.81. The monoisotopic (exact) mass is 283 g/mol. The van der Waals surface area contributed by atoms with E-state index in [2.05, 4.69) is 54.4 Å². The molecule has 1 aromatic carbocycles. The van der Waals surface area contributed by atoms with Crippen molar-refractivity contribution >= 4 is 16.7 Å². The molecule has 1 saturated carbocycles. The molecule has 3 heteroatoms. The molecular weight excluding hydrogens is 258 g/mol. The largest absolute Gasteiger partial charge is 0.370 e. The Kier molecular flexibility index (Phi) is 4.39. The third-order valence-electron chi connectivity index (χ3n) is 4.20. The van der Waals surface area contributed by atoms with Crippen LogP contribution in [-0.4, -0.2) is 29.5 Å². The zero-order chi connectivity index (χ0) is 14.7. The number of rotatable bonds is 7. The summed E-state index contributed by atoms with van der Waals surface area (Å²) in [7, 11) is 0. The summed E-state index contributed by atoms with van der Waals surface area (Å²) in [6.45, 7) is 8.62. The summed E-state index contributed by atoms with van der Waals surface area (Å²) in [5, 5.41) is 4.66. The van der Waals surface area contributed by atoms with Crippen LogP contribution in [-0.2, 0) is 6.54 Å². The van der Waals surface area contributed by atoms with Crippen LogP contribution in [0.1, 0.15) is 32.3 Å². The number of nitrogens with one attached hydrogen (secondary N) is 1. The van der Waals surface area contributed by atoms with Crippen LogP contribution in [0.15, 0.2) is 30.3 Å². The third kappa shape index (κ3) is 3.53. The highest BCUT2D eigenvalue weighted by atomic mass is 15.1. The Morgan fingerprint density at radius 1 is 1.24 bits per heavy atom. The minimum Gasteiger partial charge on any atom is -0.370 e. The molecule has 0 unspecified atom stereocenters. The van der Waals surface area contributed by atoms with Gasteiger partial charge in [0.25, 0.3) is 0 Å². The molecule has 0 spiro atoms. The molecule has 0 saturated heterocycles. The van der Waals surface area contributed by atoms with E-state index in [4.69, 9.17) is 4.98 Å². The van der Waals surface area contributed by atoms with Crippen LogP contribution in [0, 0.1) is 5.92 Å². The van der Waals surface area contributed by atoms with Gasteiger partial charge in [-0.05, 0) is 44.4 Å². The highest BCUT2D eigenvalue weighted by Crippen LogP contribution is 2.30. The van der Waals surface area contributed by atoms with Crippen molar-refractivity contribution in [3.05, 3.63) is 35.9 Å². The zero-order valence-corrected chi connectivity index (χ0v) is 13.1. The highest BCUT2D eigenvalue weighted by molar-refractivity contribution is 5.81. The number of fused-ring (bicyclic) bond motifs is 1. The third-order valence-corrected chi connectivity index (χ3v) is 4.20. The first kappa shape index (κ1) is 14.3. The molecule has 0 atom stereocenters. The molecule has 112 valence electrons. The average molecular weight is 283 g/mol. The second-order valence-electron chi connectivity index (χ2n) is 5.99. The lowest BCUT2D eigenvalue weighted by molar-refractivity contribution is 0.268. The molecule has 1 aromatic heterocycles. The molecule has 1 aliphatic rings. The first-order valence-corrected chi connectivity index (χ1v) is 8.15. The molecule has 3 nitrogen and oxygen atoms in total. The minimum atomic E-state index is 0.910. The lowest BCUT2D eigenvalue weighted by Gasteiger charge is -2.22. The van der Waals surface area contributed by atoms with Gasteiger partial charge in [-0.25, -0.2) is 4.98 Å². The van der Waals surface area contributed by atoms with Gasteiger partial charge in [0, 0.05) is 30.6 Å².